The minimum absolute atomic E-state index is 0.154. The van der Waals surface area contributed by atoms with Crippen LogP contribution in [0.5, 0.6) is 34.5 Å². The molecule has 7 nitrogen and oxygen atoms in total. The van der Waals surface area contributed by atoms with Crippen LogP contribution in [0.4, 0.5) is 0 Å². The second-order valence-corrected chi connectivity index (χ2v) is 5.97. The van der Waals surface area contributed by atoms with Gasteiger partial charge in [0.05, 0.1) is 48.2 Å². The summed E-state index contributed by atoms with van der Waals surface area (Å²) in [6.07, 6.45) is 1.71. The van der Waals surface area contributed by atoms with Crippen molar-refractivity contribution in [1.82, 2.24) is 0 Å². The maximum absolute atomic E-state index is 12.5. The van der Waals surface area contributed by atoms with Gasteiger partial charge in [-0.3, -0.25) is 4.79 Å². The quantitative estimate of drug-likeness (QED) is 0.466. The Hall–Kier alpha value is -3.35. The molecule has 0 unspecified atom stereocenters. The highest BCUT2D eigenvalue weighted by Gasteiger charge is 2.19. The number of ether oxygens (including phenoxy) is 6. The van der Waals surface area contributed by atoms with Crippen LogP contribution in [0.1, 0.15) is 18.1 Å². The largest absolute Gasteiger partial charge is 0.496 e. The molecule has 0 aliphatic carbocycles. The van der Waals surface area contributed by atoms with Crippen molar-refractivity contribution in [2.24, 2.45) is 0 Å². The molecule has 0 saturated carbocycles. The molecule has 0 N–H and O–H groups in total. The minimum atomic E-state index is -0.154. The van der Waals surface area contributed by atoms with E-state index in [1.54, 1.807) is 51.7 Å². The predicted octanol–water partition coefficient (Wildman–Crippen LogP) is 3.87. The SMILES string of the molecule is COc1cc(OC)c(/C=C(/C(C)=O)c2cc(OC)c(OC)c(OC)c2)c(OC)c1. The van der Waals surface area contributed by atoms with Crippen molar-refractivity contribution in [3.63, 3.8) is 0 Å². The fourth-order valence-electron chi connectivity index (χ4n) is 2.94. The Labute approximate surface area is 170 Å². The van der Waals surface area contributed by atoms with Gasteiger partial charge in [-0.05, 0) is 30.7 Å². The number of carbonyl (C=O) groups excluding carboxylic acids is 1. The first-order valence-electron chi connectivity index (χ1n) is 8.77. The van der Waals surface area contributed by atoms with Gasteiger partial charge in [-0.1, -0.05) is 0 Å². The number of allylic oxidation sites excluding steroid dienone is 1. The molecule has 156 valence electrons. The van der Waals surface area contributed by atoms with Crippen LogP contribution in [-0.4, -0.2) is 48.4 Å². The third-order valence-electron chi connectivity index (χ3n) is 4.40. The average Bonchev–Trinajstić information content (AvgIpc) is 2.75. The van der Waals surface area contributed by atoms with Crippen LogP contribution in [0.25, 0.3) is 11.6 Å². The maximum Gasteiger partial charge on any atom is 0.203 e. The van der Waals surface area contributed by atoms with Crippen LogP contribution >= 0.6 is 0 Å². The molecule has 0 aromatic heterocycles. The van der Waals surface area contributed by atoms with Crippen molar-refractivity contribution in [3.8, 4) is 34.5 Å². The summed E-state index contributed by atoms with van der Waals surface area (Å²) in [6.45, 7) is 1.48. The standard InChI is InChI=1S/C22H26O7/c1-13(23)16(14-8-20(27-5)22(29-7)21(9-14)28-6)12-17-18(25-3)10-15(24-2)11-19(17)26-4/h8-12H,1-7H3/b16-12-. The summed E-state index contributed by atoms with van der Waals surface area (Å²) in [4.78, 5) is 12.5. The Morgan fingerprint density at radius 3 is 1.52 bits per heavy atom. The Bertz CT molecular complexity index is 865. The van der Waals surface area contributed by atoms with Gasteiger partial charge < -0.3 is 28.4 Å². The Kier molecular flexibility index (Phi) is 7.36. The summed E-state index contributed by atoms with van der Waals surface area (Å²) in [5.41, 5.74) is 1.63. The summed E-state index contributed by atoms with van der Waals surface area (Å²) in [6, 6.07) is 6.89. The van der Waals surface area contributed by atoms with Gasteiger partial charge in [0.1, 0.15) is 17.2 Å². The van der Waals surface area contributed by atoms with Gasteiger partial charge in [0.2, 0.25) is 5.75 Å². The molecule has 0 fully saturated rings. The predicted molar refractivity (Wildman–Crippen MR) is 111 cm³/mol. The molecular weight excluding hydrogens is 376 g/mol. The van der Waals surface area contributed by atoms with Crippen molar-refractivity contribution in [1.29, 1.82) is 0 Å². The van der Waals surface area contributed by atoms with E-state index < -0.39 is 0 Å². The van der Waals surface area contributed by atoms with Crippen LogP contribution < -0.4 is 28.4 Å². The summed E-state index contributed by atoms with van der Waals surface area (Å²) in [5.74, 6) is 2.78. The third-order valence-corrected chi connectivity index (χ3v) is 4.40. The zero-order valence-electron chi connectivity index (χ0n) is 17.7. The molecule has 0 atom stereocenters. The molecule has 2 aromatic rings. The smallest absolute Gasteiger partial charge is 0.203 e. The highest BCUT2D eigenvalue weighted by molar-refractivity contribution is 6.24. The number of methoxy groups -OCH3 is 6. The molecular formula is C22H26O7. The van der Waals surface area contributed by atoms with E-state index >= 15 is 0 Å². The van der Waals surface area contributed by atoms with Crippen molar-refractivity contribution in [3.05, 3.63) is 35.4 Å². The van der Waals surface area contributed by atoms with Crippen molar-refractivity contribution >= 4 is 17.4 Å². The van der Waals surface area contributed by atoms with Crippen LogP contribution in [0.3, 0.4) is 0 Å². The molecule has 2 rings (SSSR count). The topological polar surface area (TPSA) is 72.5 Å². The number of Topliss-reactive ketones (excluding diaryl/α,β-unsaturated/α-hetero) is 1. The van der Waals surface area contributed by atoms with Gasteiger partial charge in [-0.2, -0.15) is 0 Å². The Balaban J connectivity index is 2.77. The highest BCUT2D eigenvalue weighted by atomic mass is 16.5. The molecule has 0 bridgehead atoms. The monoisotopic (exact) mass is 402 g/mol. The van der Waals surface area contributed by atoms with E-state index in [4.69, 9.17) is 28.4 Å². The second kappa shape index (κ2) is 9.73. The van der Waals surface area contributed by atoms with Gasteiger partial charge in [-0.25, -0.2) is 0 Å². The third kappa shape index (κ3) is 4.56. The van der Waals surface area contributed by atoms with E-state index in [0.717, 1.165) is 0 Å². The number of hydrogen-bond donors (Lipinski definition) is 0. The lowest BCUT2D eigenvalue weighted by Crippen LogP contribution is -2.02. The van der Waals surface area contributed by atoms with Crippen LogP contribution in [0.15, 0.2) is 24.3 Å². The van der Waals surface area contributed by atoms with Gasteiger partial charge in [-0.15, -0.1) is 0 Å². The molecule has 0 amide bonds. The van der Waals surface area contributed by atoms with Crippen LogP contribution in [0, 0.1) is 0 Å². The summed E-state index contributed by atoms with van der Waals surface area (Å²) < 4.78 is 32.4. The first kappa shape index (κ1) is 21.9. The van der Waals surface area contributed by atoms with E-state index in [-0.39, 0.29) is 5.78 Å². The molecule has 2 aromatic carbocycles. The molecule has 0 aliphatic rings. The summed E-state index contributed by atoms with van der Waals surface area (Å²) >= 11 is 0. The van der Waals surface area contributed by atoms with E-state index in [1.807, 2.05) is 0 Å². The Morgan fingerprint density at radius 1 is 0.690 bits per heavy atom. The molecule has 0 aliphatic heterocycles. The van der Waals surface area contributed by atoms with Gasteiger partial charge in [0.15, 0.2) is 17.3 Å². The van der Waals surface area contributed by atoms with E-state index in [0.29, 0.717) is 51.2 Å². The summed E-state index contributed by atoms with van der Waals surface area (Å²) in [7, 11) is 9.20. The molecule has 29 heavy (non-hydrogen) atoms. The molecule has 0 radical (unpaired) electrons. The Morgan fingerprint density at radius 2 is 1.17 bits per heavy atom. The molecule has 0 heterocycles. The molecule has 0 spiro atoms. The van der Waals surface area contributed by atoms with E-state index in [2.05, 4.69) is 0 Å². The zero-order chi connectivity index (χ0) is 21.6. The molecule has 0 saturated heterocycles. The average molecular weight is 402 g/mol. The number of benzene rings is 2. The minimum Gasteiger partial charge on any atom is -0.496 e. The first-order chi connectivity index (χ1) is 13.9. The van der Waals surface area contributed by atoms with Crippen LogP contribution in [-0.2, 0) is 4.79 Å². The summed E-state index contributed by atoms with van der Waals surface area (Å²) in [5, 5.41) is 0. The fraction of sp³-hybridized carbons (Fsp3) is 0.318. The number of carbonyl (C=O) groups is 1. The fourth-order valence-corrected chi connectivity index (χ4v) is 2.94. The lowest BCUT2D eigenvalue weighted by Gasteiger charge is -2.16. The van der Waals surface area contributed by atoms with Crippen LogP contribution in [0.2, 0.25) is 0 Å². The van der Waals surface area contributed by atoms with E-state index in [1.165, 1.54) is 28.3 Å². The maximum atomic E-state index is 12.5. The van der Waals surface area contributed by atoms with Gasteiger partial charge in [0, 0.05) is 17.7 Å². The highest BCUT2D eigenvalue weighted by Crippen LogP contribution is 2.42. The number of rotatable bonds is 9. The van der Waals surface area contributed by atoms with Gasteiger partial charge in [0.25, 0.3) is 0 Å². The first-order valence-corrected chi connectivity index (χ1v) is 8.77. The normalized spacial score (nSPS) is 10.9. The molecule has 7 heteroatoms. The van der Waals surface area contributed by atoms with Crippen molar-refractivity contribution in [2.75, 3.05) is 42.7 Å². The number of ketones is 1. The van der Waals surface area contributed by atoms with E-state index in [9.17, 15) is 4.79 Å². The number of hydrogen-bond acceptors (Lipinski definition) is 7. The lowest BCUT2D eigenvalue weighted by atomic mass is 9.97. The van der Waals surface area contributed by atoms with Gasteiger partial charge >= 0.3 is 0 Å². The van der Waals surface area contributed by atoms with Crippen molar-refractivity contribution < 1.29 is 33.2 Å². The van der Waals surface area contributed by atoms with Crippen molar-refractivity contribution in [2.45, 2.75) is 6.92 Å². The second-order valence-electron chi connectivity index (χ2n) is 5.97. The lowest BCUT2D eigenvalue weighted by molar-refractivity contribution is -0.111. The zero-order valence-corrected chi connectivity index (χ0v) is 17.7.